The van der Waals surface area contributed by atoms with E-state index in [4.69, 9.17) is 17.3 Å². The maximum absolute atomic E-state index is 13.1. The molecule has 1 atom stereocenters. The van der Waals surface area contributed by atoms with E-state index in [9.17, 15) is 8.78 Å². The van der Waals surface area contributed by atoms with Crippen LogP contribution in [0.1, 0.15) is 24.4 Å². The molecule has 1 heterocycles. The molecule has 0 radical (unpaired) electrons. The number of alkyl halides is 2. The van der Waals surface area contributed by atoms with Crippen molar-refractivity contribution in [1.29, 1.82) is 0 Å². The topological polar surface area (TPSA) is 29.3 Å². The zero-order chi connectivity index (χ0) is 13.2. The molecule has 18 heavy (non-hydrogen) atoms. The number of likely N-dealkylation sites (tertiary alicyclic amines) is 1. The highest BCUT2D eigenvalue weighted by Crippen LogP contribution is 2.32. The molecular formula is C13H17ClF2N2. The molecule has 1 aromatic rings. The number of piperidine rings is 1. The van der Waals surface area contributed by atoms with Crippen LogP contribution in [-0.4, -0.2) is 30.5 Å². The molecule has 0 spiro atoms. The molecule has 0 saturated carbocycles. The van der Waals surface area contributed by atoms with Gasteiger partial charge in [-0.25, -0.2) is 8.78 Å². The highest BCUT2D eigenvalue weighted by atomic mass is 35.5. The fourth-order valence-electron chi connectivity index (χ4n) is 2.34. The summed E-state index contributed by atoms with van der Waals surface area (Å²) in [5, 5.41) is 0.666. The first kappa shape index (κ1) is 13.7. The summed E-state index contributed by atoms with van der Waals surface area (Å²) < 4.78 is 26.3. The minimum absolute atomic E-state index is 0.00151. The Bertz CT molecular complexity index is 384. The number of hydrogen-bond acceptors (Lipinski definition) is 2. The quantitative estimate of drug-likeness (QED) is 0.918. The highest BCUT2D eigenvalue weighted by molar-refractivity contribution is 6.30. The molecule has 0 amide bonds. The van der Waals surface area contributed by atoms with E-state index in [1.165, 1.54) is 0 Å². The van der Waals surface area contributed by atoms with E-state index < -0.39 is 5.92 Å². The Morgan fingerprint density at radius 2 is 1.78 bits per heavy atom. The summed E-state index contributed by atoms with van der Waals surface area (Å²) in [5.41, 5.74) is 6.81. The van der Waals surface area contributed by atoms with Crippen LogP contribution in [-0.2, 0) is 0 Å². The fourth-order valence-corrected chi connectivity index (χ4v) is 2.47. The van der Waals surface area contributed by atoms with Crippen LogP contribution in [0.25, 0.3) is 0 Å². The van der Waals surface area contributed by atoms with E-state index in [2.05, 4.69) is 0 Å². The van der Waals surface area contributed by atoms with Crippen molar-refractivity contribution in [1.82, 2.24) is 4.90 Å². The first-order valence-electron chi connectivity index (χ1n) is 6.09. The summed E-state index contributed by atoms with van der Waals surface area (Å²) in [7, 11) is 0. The van der Waals surface area contributed by atoms with Crippen LogP contribution in [0, 0.1) is 0 Å². The van der Waals surface area contributed by atoms with Crippen LogP contribution in [0.3, 0.4) is 0 Å². The lowest BCUT2D eigenvalue weighted by Crippen LogP contribution is -2.43. The minimum atomic E-state index is -2.52. The van der Waals surface area contributed by atoms with Gasteiger partial charge in [0.15, 0.2) is 0 Å². The van der Waals surface area contributed by atoms with Crippen molar-refractivity contribution in [3.05, 3.63) is 34.9 Å². The van der Waals surface area contributed by atoms with E-state index in [1.807, 2.05) is 17.0 Å². The molecule has 2 rings (SSSR count). The standard InChI is InChI=1S/C13H17ClF2N2/c14-11-3-1-10(2-4-11)12(9-17)18-7-5-13(15,16)6-8-18/h1-4,12H,5-9,17H2. The normalized spacial score (nSPS) is 21.8. The highest BCUT2D eigenvalue weighted by Gasteiger charge is 2.36. The first-order valence-corrected chi connectivity index (χ1v) is 6.47. The average Bonchev–Trinajstić information content (AvgIpc) is 2.34. The molecule has 1 unspecified atom stereocenters. The van der Waals surface area contributed by atoms with Gasteiger partial charge in [-0.15, -0.1) is 0 Å². The zero-order valence-electron chi connectivity index (χ0n) is 10.1. The predicted molar refractivity (Wildman–Crippen MR) is 69.0 cm³/mol. The fraction of sp³-hybridized carbons (Fsp3) is 0.538. The second-order valence-corrected chi connectivity index (χ2v) is 5.13. The summed E-state index contributed by atoms with van der Waals surface area (Å²) in [6.07, 6.45) is -0.172. The number of nitrogens with two attached hydrogens (primary N) is 1. The van der Waals surface area contributed by atoms with Gasteiger partial charge in [0.2, 0.25) is 0 Å². The Labute approximate surface area is 111 Å². The van der Waals surface area contributed by atoms with Gasteiger partial charge in [0.25, 0.3) is 5.92 Å². The van der Waals surface area contributed by atoms with Crippen molar-refractivity contribution in [3.8, 4) is 0 Å². The van der Waals surface area contributed by atoms with Crippen LogP contribution < -0.4 is 5.73 Å². The van der Waals surface area contributed by atoms with E-state index >= 15 is 0 Å². The molecule has 0 aliphatic carbocycles. The molecule has 1 saturated heterocycles. The molecule has 0 aromatic heterocycles. The van der Waals surface area contributed by atoms with Crippen LogP contribution in [0.5, 0.6) is 0 Å². The Morgan fingerprint density at radius 3 is 2.28 bits per heavy atom. The van der Waals surface area contributed by atoms with E-state index in [1.54, 1.807) is 12.1 Å². The van der Waals surface area contributed by atoms with Gasteiger partial charge in [0.1, 0.15) is 0 Å². The third-order valence-corrected chi connectivity index (χ3v) is 3.70. The summed E-state index contributed by atoms with van der Waals surface area (Å²) in [6.45, 7) is 1.20. The van der Waals surface area contributed by atoms with Gasteiger partial charge in [-0.3, -0.25) is 4.90 Å². The Kier molecular flexibility index (Phi) is 4.20. The summed E-state index contributed by atoms with van der Waals surface area (Å²) >= 11 is 5.84. The summed E-state index contributed by atoms with van der Waals surface area (Å²) in [5.74, 6) is -2.52. The SMILES string of the molecule is NCC(c1ccc(Cl)cc1)N1CCC(F)(F)CC1. The van der Waals surface area contributed by atoms with Crippen LogP contribution in [0.4, 0.5) is 8.78 Å². The molecule has 1 aliphatic heterocycles. The van der Waals surface area contributed by atoms with Gasteiger partial charge in [-0.1, -0.05) is 23.7 Å². The third-order valence-electron chi connectivity index (χ3n) is 3.45. The Balaban J connectivity index is 2.08. The van der Waals surface area contributed by atoms with Crippen molar-refractivity contribution in [2.75, 3.05) is 19.6 Å². The largest absolute Gasteiger partial charge is 0.329 e. The monoisotopic (exact) mass is 274 g/mol. The minimum Gasteiger partial charge on any atom is -0.329 e. The summed E-state index contributed by atoms with van der Waals surface area (Å²) in [6, 6.07) is 7.42. The number of benzene rings is 1. The van der Waals surface area contributed by atoms with E-state index in [0.29, 0.717) is 24.7 Å². The smallest absolute Gasteiger partial charge is 0.250 e. The second kappa shape index (κ2) is 5.51. The maximum Gasteiger partial charge on any atom is 0.250 e. The lowest BCUT2D eigenvalue weighted by molar-refractivity contribution is -0.0627. The lowest BCUT2D eigenvalue weighted by Gasteiger charge is -2.37. The van der Waals surface area contributed by atoms with Gasteiger partial charge < -0.3 is 5.73 Å². The van der Waals surface area contributed by atoms with Crippen molar-refractivity contribution < 1.29 is 8.78 Å². The Morgan fingerprint density at radius 1 is 1.22 bits per heavy atom. The molecule has 2 N–H and O–H groups in total. The molecule has 1 aliphatic rings. The van der Waals surface area contributed by atoms with Gasteiger partial charge >= 0.3 is 0 Å². The third kappa shape index (κ3) is 3.19. The molecule has 0 bridgehead atoms. The van der Waals surface area contributed by atoms with Crippen molar-refractivity contribution in [2.45, 2.75) is 24.8 Å². The van der Waals surface area contributed by atoms with Gasteiger partial charge in [-0.05, 0) is 17.7 Å². The van der Waals surface area contributed by atoms with Crippen molar-refractivity contribution in [3.63, 3.8) is 0 Å². The lowest BCUT2D eigenvalue weighted by atomic mass is 10.00. The second-order valence-electron chi connectivity index (χ2n) is 4.69. The predicted octanol–water partition coefficient (Wildman–Crippen LogP) is 3.07. The molecule has 2 nitrogen and oxygen atoms in total. The molecule has 5 heteroatoms. The molecule has 1 aromatic carbocycles. The number of nitrogens with zero attached hydrogens (tertiary/aromatic N) is 1. The van der Waals surface area contributed by atoms with E-state index in [0.717, 1.165) is 5.56 Å². The van der Waals surface area contributed by atoms with Crippen LogP contribution in [0.15, 0.2) is 24.3 Å². The maximum atomic E-state index is 13.1. The number of hydrogen-bond donors (Lipinski definition) is 1. The van der Waals surface area contributed by atoms with Gasteiger partial charge in [0.05, 0.1) is 0 Å². The number of rotatable bonds is 3. The van der Waals surface area contributed by atoms with Gasteiger partial charge in [-0.2, -0.15) is 0 Å². The van der Waals surface area contributed by atoms with Crippen molar-refractivity contribution in [2.24, 2.45) is 5.73 Å². The zero-order valence-corrected chi connectivity index (χ0v) is 10.8. The van der Waals surface area contributed by atoms with Crippen molar-refractivity contribution >= 4 is 11.6 Å². The van der Waals surface area contributed by atoms with Crippen LogP contribution >= 0.6 is 11.6 Å². The molecule has 100 valence electrons. The molecular weight excluding hydrogens is 258 g/mol. The average molecular weight is 275 g/mol. The van der Waals surface area contributed by atoms with E-state index in [-0.39, 0.29) is 18.9 Å². The Hall–Kier alpha value is -0.710. The first-order chi connectivity index (χ1) is 8.52. The number of halogens is 3. The van der Waals surface area contributed by atoms with Gasteiger partial charge in [0, 0.05) is 43.5 Å². The summed E-state index contributed by atoms with van der Waals surface area (Å²) in [4.78, 5) is 2.03. The van der Waals surface area contributed by atoms with Crippen LogP contribution in [0.2, 0.25) is 5.02 Å². The molecule has 1 fully saturated rings.